The summed E-state index contributed by atoms with van der Waals surface area (Å²) >= 11 is 0. The van der Waals surface area contributed by atoms with Gasteiger partial charge in [-0.25, -0.2) is 4.98 Å². The first kappa shape index (κ1) is 25.3. The van der Waals surface area contributed by atoms with E-state index in [2.05, 4.69) is 57.2 Å². The Morgan fingerprint density at radius 2 is 1.73 bits per heavy atom. The minimum atomic E-state index is 0.172. The van der Waals surface area contributed by atoms with Crippen LogP contribution in [0.25, 0.3) is 0 Å². The molecule has 2 aromatic carbocycles. The summed E-state index contributed by atoms with van der Waals surface area (Å²) in [5.41, 5.74) is 3.96. The van der Waals surface area contributed by atoms with E-state index in [1.807, 2.05) is 31.3 Å². The van der Waals surface area contributed by atoms with E-state index in [0.717, 1.165) is 55.8 Å². The Hall–Kier alpha value is -3.32. The summed E-state index contributed by atoms with van der Waals surface area (Å²) in [6, 6.07) is 17.3. The molecule has 7 nitrogen and oxygen atoms in total. The zero-order valence-electron chi connectivity index (χ0n) is 22.4. The maximum absolute atomic E-state index is 6.07. The average molecular weight is 502 g/mol. The van der Waals surface area contributed by atoms with Crippen LogP contribution in [0.2, 0.25) is 0 Å². The molecular weight excluding hydrogens is 462 g/mol. The predicted molar refractivity (Wildman–Crippen MR) is 149 cm³/mol. The molecule has 1 unspecified atom stereocenters. The fourth-order valence-corrected chi connectivity index (χ4v) is 5.44. The highest BCUT2D eigenvalue weighted by Gasteiger charge is 2.29. The Morgan fingerprint density at radius 1 is 0.946 bits per heavy atom. The van der Waals surface area contributed by atoms with E-state index in [4.69, 9.17) is 14.5 Å². The number of methoxy groups -OCH3 is 1. The van der Waals surface area contributed by atoms with Crippen LogP contribution >= 0.6 is 0 Å². The van der Waals surface area contributed by atoms with Crippen molar-refractivity contribution in [1.82, 2.24) is 14.9 Å². The van der Waals surface area contributed by atoms with Crippen molar-refractivity contribution in [1.29, 1.82) is 0 Å². The molecule has 0 aliphatic carbocycles. The maximum Gasteiger partial charge on any atom is 0.226 e. The number of benzene rings is 2. The Labute approximate surface area is 221 Å². The molecule has 0 amide bonds. The van der Waals surface area contributed by atoms with Crippen molar-refractivity contribution in [3.63, 3.8) is 0 Å². The molecule has 0 radical (unpaired) electrons. The van der Waals surface area contributed by atoms with Gasteiger partial charge in [0.25, 0.3) is 0 Å². The average Bonchev–Trinajstić information content (AvgIpc) is 2.94. The van der Waals surface area contributed by atoms with Gasteiger partial charge in [-0.05, 0) is 85.8 Å². The monoisotopic (exact) mass is 501 g/mol. The molecule has 0 N–H and O–H groups in total. The summed E-state index contributed by atoms with van der Waals surface area (Å²) in [5, 5.41) is 0. The Balaban J connectivity index is 1.33. The van der Waals surface area contributed by atoms with E-state index in [1.165, 1.54) is 49.0 Å². The number of aromatic nitrogens is 2. The van der Waals surface area contributed by atoms with Gasteiger partial charge in [-0.1, -0.05) is 24.6 Å². The van der Waals surface area contributed by atoms with Crippen molar-refractivity contribution in [3.05, 3.63) is 71.4 Å². The summed E-state index contributed by atoms with van der Waals surface area (Å²) in [7, 11) is 5.68. The number of piperidine rings is 1. The Bertz CT molecular complexity index is 1160. The van der Waals surface area contributed by atoms with Crippen LogP contribution in [-0.2, 0) is 12.8 Å². The summed E-state index contributed by atoms with van der Waals surface area (Å²) in [4.78, 5) is 16.2. The first-order valence-electron chi connectivity index (χ1n) is 13.5. The number of hydrogen-bond donors (Lipinski definition) is 0. The van der Waals surface area contributed by atoms with E-state index in [-0.39, 0.29) is 6.04 Å². The second-order valence-corrected chi connectivity index (χ2v) is 10.2. The molecule has 37 heavy (non-hydrogen) atoms. The second-order valence-electron chi connectivity index (χ2n) is 10.2. The normalized spacial score (nSPS) is 17.8. The molecule has 2 aliphatic heterocycles. The molecule has 2 aliphatic rings. The van der Waals surface area contributed by atoms with E-state index in [1.54, 1.807) is 7.11 Å². The van der Waals surface area contributed by atoms with Crippen LogP contribution in [-0.4, -0.2) is 68.9 Å². The number of nitrogens with zero attached hydrogens (tertiary/aromatic N) is 5. The van der Waals surface area contributed by atoms with Crippen LogP contribution in [0.15, 0.2) is 54.7 Å². The molecule has 196 valence electrons. The number of fused-ring (bicyclic) bond motifs is 1. The lowest BCUT2D eigenvalue weighted by molar-refractivity contribution is 0.183. The third-order valence-corrected chi connectivity index (χ3v) is 7.51. The van der Waals surface area contributed by atoms with Crippen molar-refractivity contribution >= 4 is 11.8 Å². The third kappa shape index (κ3) is 6.16. The second kappa shape index (κ2) is 11.8. The van der Waals surface area contributed by atoms with Crippen LogP contribution in [0, 0.1) is 0 Å². The summed E-state index contributed by atoms with van der Waals surface area (Å²) < 4.78 is 11.6. The lowest BCUT2D eigenvalue weighted by atomic mass is 9.88. The first-order chi connectivity index (χ1) is 18.1. The molecule has 1 atom stereocenters. The number of likely N-dealkylation sites (tertiary alicyclic amines) is 1. The van der Waals surface area contributed by atoms with Gasteiger partial charge in [-0.3, -0.25) is 4.90 Å². The van der Waals surface area contributed by atoms with Gasteiger partial charge in [0.1, 0.15) is 23.9 Å². The van der Waals surface area contributed by atoms with Crippen LogP contribution in [0.4, 0.5) is 11.8 Å². The van der Waals surface area contributed by atoms with Crippen LogP contribution in [0.5, 0.6) is 11.5 Å². The standard InChI is InChI=1S/C30H39N5O2/c1-33(2)30-31-15-13-29(32-30)35-18-14-24-22-26(36-3)11-12-27(24)28(35)21-23-7-9-25(10-8-23)37-20-19-34-16-5-4-6-17-34/h7-13,15,22,28H,4-6,14,16-21H2,1-3H3. The molecule has 3 heterocycles. The zero-order chi connectivity index (χ0) is 25.6. The van der Waals surface area contributed by atoms with Gasteiger partial charge in [-0.15, -0.1) is 0 Å². The van der Waals surface area contributed by atoms with Gasteiger partial charge in [-0.2, -0.15) is 4.98 Å². The van der Waals surface area contributed by atoms with Gasteiger partial charge < -0.3 is 19.3 Å². The SMILES string of the molecule is COc1ccc2c(c1)CCN(c1ccnc(N(C)C)n1)C2Cc1ccc(OCCN2CCCCC2)cc1. The van der Waals surface area contributed by atoms with Gasteiger partial charge in [0.2, 0.25) is 5.95 Å². The van der Waals surface area contributed by atoms with E-state index in [9.17, 15) is 0 Å². The minimum absolute atomic E-state index is 0.172. The van der Waals surface area contributed by atoms with Crippen molar-refractivity contribution in [3.8, 4) is 11.5 Å². The molecule has 5 rings (SSSR count). The zero-order valence-corrected chi connectivity index (χ0v) is 22.4. The van der Waals surface area contributed by atoms with Gasteiger partial charge in [0, 0.05) is 33.4 Å². The number of rotatable bonds is 9. The minimum Gasteiger partial charge on any atom is -0.497 e. The van der Waals surface area contributed by atoms with Crippen molar-refractivity contribution in [2.75, 3.05) is 63.8 Å². The maximum atomic E-state index is 6.07. The highest BCUT2D eigenvalue weighted by molar-refractivity contribution is 5.51. The summed E-state index contributed by atoms with van der Waals surface area (Å²) in [6.45, 7) is 5.05. The van der Waals surface area contributed by atoms with Crippen LogP contribution in [0.3, 0.4) is 0 Å². The topological polar surface area (TPSA) is 54.0 Å². The number of ether oxygens (including phenoxy) is 2. The summed E-state index contributed by atoms with van der Waals surface area (Å²) in [5.74, 6) is 3.54. The van der Waals surface area contributed by atoms with E-state index in [0.29, 0.717) is 0 Å². The highest BCUT2D eigenvalue weighted by Crippen LogP contribution is 2.37. The van der Waals surface area contributed by atoms with Crippen molar-refractivity contribution < 1.29 is 9.47 Å². The molecular formula is C30H39N5O2. The lowest BCUT2D eigenvalue weighted by Crippen LogP contribution is -2.37. The molecule has 3 aromatic rings. The Kier molecular flexibility index (Phi) is 8.09. The lowest BCUT2D eigenvalue weighted by Gasteiger charge is -2.38. The highest BCUT2D eigenvalue weighted by atomic mass is 16.5. The molecule has 0 spiro atoms. The largest absolute Gasteiger partial charge is 0.497 e. The van der Waals surface area contributed by atoms with Gasteiger partial charge >= 0.3 is 0 Å². The fourth-order valence-electron chi connectivity index (χ4n) is 5.44. The number of anilines is 2. The predicted octanol–water partition coefficient (Wildman–Crippen LogP) is 4.76. The van der Waals surface area contributed by atoms with Gasteiger partial charge in [0.05, 0.1) is 13.2 Å². The van der Waals surface area contributed by atoms with Gasteiger partial charge in [0.15, 0.2) is 0 Å². The first-order valence-corrected chi connectivity index (χ1v) is 13.5. The molecule has 1 fully saturated rings. The quantitative estimate of drug-likeness (QED) is 0.419. The van der Waals surface area contributed by atoms with E-state index < -0.39 is 0 Å². The molecule has 1 aromatic heterocycles. The van der Waals surface area contributed by atoms with Crippen LogP contribution < -0.4 is 19.3 Å². The molecule has 7 heteroatoms. The Morgan fingerprint density at radius 3 is 2.49 bits per heavy atom. The van der Waals surface area contributed by atoms with E-state index >= 15 is 0 Å². The molecule has 1 saturated heterocycles. The van der Waals surface area contributed by atoms with Crippen molar-refractivity contribution in [2.45, 2.75) is 38.1 Å². The molecule has 0 saturated carbocycles. The number of hydrogen-bond acceptors (Lipinski definition) is 7. The van der Waals surface area contributed by atoms with Crippen LogP contribution in [0.1, 0.15) is 42.0 Å². The van der Waals surface area contributed by atoms with Crippen molar-refractivity contribution in [2.24, 2.45) is 0 Å². The molecule has 0 bridgehead atoms. The smallest absolute Gasteiger partial charge is 0.226 e. The fraction of sp³-hybridized carbons (Fsp3) is 0.467. The summed E-state index contributed by atoms with van der Waals surface area (Å²) in [6.07, 6.45) is 7.68. The third-order valence-electron chi connectivity index (χ3n) is 7.51.